The summed E-state index contributed by atoms with van der Waals surface area (Å²) in [6, 6.07) is 7.53. The fraction of sp³-hybridized carbons (Fsp3) is 0.529. The largest absolute Gasteiger partial charge is 0.356 e. The predicted octanol–water partition coefficient (Wildman–Crippen LogP) is 0.524. The average Bonchev–Trinajstić information content (AvgIpc) is 2.58. The fourth-order valence-electron chi connectivity index (χ4n) is 3.22. The van der Waals surface area contributed by atoms with Gasteiger partial charge in [0.1, 0.15) is 0 Å². The summed E-state index contributed by atoms with van der Waals surface area (Å²) < 4.78 is 0. The van der Waals surface area contributed by atoms with E-state index in [0.717, 1.165) is 50.4 Å². The molecule has 2 aliphatic heterocycles. The number of carbonyl (C=O) groups is 2. The fourth-order valence-corrected chi connectivity index (χ4v) is 3.22. The number of hydrogen-bond acceptors (Lipinski definition) is 4. The van der Waals surface area contributed by atoms with Gasteiger partial charge in [-0.15, -0.1) is 0 Å². The Hall–Kier alpha value is -1.92. The van der Waals surface area contributed by atoms with Crippen LogP contribution >= 0.6 is 0 Å². The zero-order chi connectivity index (χ0) is 16.1. The quantitative estimate of drug-likeness (QED) is 0.693. The van der Waals surface area contributed by atoms with Crippen LogP contribution < -0.4 is 16.0 Å². The van der Waals surface area contributed by atoms with E-state index in [1.165, 1.54) is 0 Å². The van der Waals surface area contributed by atoms with Crippen LogP contribution in [0.1, 0.15) is 24.3 Å². The van der Waals surface area contributed by atoms with Crippen molar-refractivity contribution in [2.24, 2.45) is 0 Å². The van der Waals surface area contributed by atoms with Gasteiger partial charge in [0.05, 0.1) is 5.92 Å². The average molecular weight is 316 g/mol. The number of benzene rings is 1. The summed E-state index contributed by atoms with van der Waals surface area (Å²) in [6.45, 7) is 5.89. The summed E-state index contributed by atoms with van der Waals surface area (Å²) >= 11 is 0. The molecular weight excluding hydrogens is 292 g/mol. The number of nitrogens with zero attached hydrogens (tertiary/aromatic N) is 1. The highest BCUT2D eigenvalue weighted by atomic mass is 16.2. The molecule has 23 heavy (non-hydrogen) atoms. The van der Waals surface area contributed by atoms with Crippen LogP contribution in [0.5, 0.6) is 0 Å². The third kappa shape index (κ3) is 4.09. The summed E-state index contributed by atoms with van der Waals surface area (Å²) in [4.78, 5) is 26.6. The molecule has 0 aliphatic carbocycles. The van der Waals surface area contributed by atoms with Gasteiger partial charge < -0.3 is 20.9 Å². The van der Waals surface area contributed by atoms with Gasteiger partial charge in [0.2, 0.25) is 11.8 Å². The van der Waals surface area contributed by atoms with Crippen LogP contribution in [-0.2, 0) is 9.59 Å². The molecule has 0 spiro atoms. The number of para-hydroxylation sites is 1. The van der Waals surface area contributed by atoms with Crippen molar-refractivity contribution in [3.05, 3.63) is 29.8 Å². The number of nitrogens with one attached hydrogen (secondary N) is 3. The van der Waals surface area contributed by atoms with Crippen LogP contribution in [0.2, 0.25) is 0 Å². The standard InChI is InChI=1S/C17H24N4O2/c22-16-12-14(13-4-1-2-5-15(13)20-16)17(23)19-6-3-9-21-10-7-18-8-11-21/h1-2,4-5,14,18H,3,6-12H2,(H,19,23)(H,20,22). The Morgan fingerprint density at radius 3 is 2.87 bits per heavy atom. The van der Waals surface area contributed by atoms with Crippen molar-refractivity contribution in [1.82, 2.24) is 15.5 Å². The molecule has 2 aliphatic rings. The van der Waals surface area contributed by atoms with Crippen molar-refractivity contribution in [3.8, 4) is 0 Å². The number of carbonyl (C=O) groups excluding carboxylic acids is 2. The van der Waals surface area contributed by atoms with Crippen LogP contribution in [0.25, 0.3) is 0 Å². The molecular formula is C17H24N4O2. The molecule has 2 heterocycles. The lowest BCUT2D eigenvalue weighted by molar-refractivity contribution is -0.126. The summed E-state index contributed by atoms with van der Waals surface area (Å²) in [6.07, 6.45) is 1.16. The van der Waals surface area contributed by atoms with Crippen molar-refractivity contribution < 1.29 is 9.59 Å². The van der Waals surface area contributed by atoms with Crippen LogP contribution in [0.15, 0.2) is 24.3 Å². The summed E-state index contributed by atoms with van der Waals surface area (Å²) in [5, 5.41) is 9.15. The summed E-state index contributed by atoms with van der Waals surface area (Å²) in [7, 11) is 0. The van der Waals surface area contributed by atoms with Crippen LogP contribution in [-0.4, -0.2) is 56.0 Å². The Labute approximate surface area is 136 Å². The van der Waals surface area contributed by atoms with Gasteiger partial charge in [-0.2, -0.15) is 0 Å². The molecule has 1 aromatic carbocycles. The molecule has 0 bridgehead atoms. The number of fused-ring (bicyclic) bond motifs is 1. The number of rotatable bonds is 5. The highest BCUT2D eigenvalue weighted by Crippen LogP contribution is 2.31. The Morgan fingerprint density at radius 1 is 1.26 bits per heavy atom. The van der Waals surface area contributed by atoms with E-state index < -0.39 is 0 Å². The van der Waals surface area contributed by atoms with Gasteiger partial charge in [-0.05, 0) is 24.6 Å². The summed E-state index contributed by atoms with van der Waals surface area (Å²) in [5.41, 5.74) is 1.66. The van der Waals surface area contributed by atoms with Crippen molar-refractivity contribution in [2.75, 3.05) is 44.6 Å². The van der Waals surface area contributed by atoms with E-state index in [1.54, 1.807) is 0 Å². The van der Waals surface area contributed by atoms with Crippen LogP contribution in [0, 0.1) is 0 Å². The Bertz CT molecular complexity index is 569. The second-order valence-electron chi connectivity index (χ2n) is 6.13. The van der Waals surface area contributed by atoms with Gasteiger partial charge in [-0.1, -0.05) is 18.2 Å². The molecule has 0 aromatic heterocycles. The predicted molar refractivity (Wildman–Crippen MR) is 89.4 cm³/mol. The smallest absolute Gasteiger partial charge is 0.228 e. The molecule has 6 heteroatoms. The molecule has 6 nitrogen and oxygen atoms in total. The molecule has 124 valence electrons. The lowest BCUT2D eigenvalue weighted by atomic mass is 9.90. The molecule has 0 radical (unpaired) electrons. The maximum absolute atomic E-state index is 12.4. The molecule has 1 fully saturated rings. The summed E-state index contributed by atoms with van der Waals surface area (Å²) in [5.74, 6) is -0.517. The number of piperazine rings is 1. The van der Waals surface area contributed by atoms with Crippen molar-refractivity contribution in [1.29, 1.82) is 0 Å². The van der Waals surface area contributed by atoms with E-state index in [4.69, 9.17) is 0 Å². The highest BCUT2D eigenvalue weighted by Gasteiger charge is 2.30. The monoisotopic (exact) mass is 316 g/mol. The Kier molecular flexibility index (Phi) is 5.25. The minimum absolute atomic E-state index is 0.0485. The normalized spacial score (nSPS) is 21.4. The van der Waals surface area contributed by atoms with E-state index >= 15 is 0 Å². The van der Waals surface area contributed by atoms with Gasteiger partial charge in [0, 0.05) is 44.8 Å². The molecule has 1 aromatic rings. The third-order valence-electron chi connectivity index (χ3n) is 4.48. The molecule has 3 rings (SSSR count). The van der Waals surface area contributed by atoms with Gasteiger partial charge in [0.15, 0.2) is 0 Å². The minimum atomic E-state index is -0.376. The number of hydrogen-bond donors (Lipinski definition) is 3. The first-order valence-corrected chi connectivity index (χ1v) is 8.33. The zero-order valence-electron chi connectivity index (χ0n) is 13.3. The minimum Gasteiger partial charge on any atom is -0.356 e. The molecule has 0 saturated carbocycles. The highest BCUT2D eigenvalue weighted by molar-refractivity contribution is 6.01. The maximum atomic E-state index is 12.4. The maximum Gasteiger partial charge on any atom is 0.228 e. The third-order valence-corrected chi connectivity index (χ3v) is 4.48. The molecule has 1 saturated heterocycles. The molecule has 2 amide bonds. The second kappa shape index (κ2) is 7.57. The van der Waals surface area contributed by atoms with E-state index in [-0.39, 0.29) is 24.2 Å². The van der Waals surface area contributed by atoms with Gasteiger partial charge in [0.25, 0.3) is 0 Å². The zero-order valence-corrected chi connectivity index (χ0v) is 13.3. The van der Waals surface area contributed by atoms with E-state index in [2.05, 4.69) is 20.9 Å². The lowest BCUT2D eigenvalue weighted by Crippen LogP contribution is -2.44. The van der Waals surface area contributed by atoms with Gasteiger partial charge in [-0.25, -0.2) is 0 Å². The first-order valence-electron chi connectivity index (χ1n) is 8.33. The first-order chi connectivity index (χ1) is 11.2. The molecule has 1 atom stereocenters. The number of anilines is 1. The van der Waals surface area contributed by atoms with Gasteiger partial charge >= 0.3 is 0 Å². The lowest BCUT2D eigenvalue weighted by Gasteiger charge is -2.27. The van der Waals surface area contributed by atoms with Crippen molar-refractivity contribution in [2.45, 2.75) is 18.8 Å². The van der Waals surface area contributed by atoms with Crippen molar-refractivity contribution in [3.63, 3.8) is 0 Å². The Morgan fingerprint density at radius 2 is 2.04 bits per heavy atom. The Balaban J connectivity index is 1.49. The van der Waals surface area contributed by atoms with E-state index in [1.807, 2.05) is 24.3 Å². The van der Waals surface area contributed by atoms with Crippen molar-refractivity contribution >= 4 is 17.5 Å². The SMILES string of the molecule is O=C1CC(C(=O)NCCCN2CCNCC2)c2ccccc2N1. The van der Waals surface area contributed by atoms with Gasteiger partial charge in [-0.3, -0.25) is 9.59 Å². The van der Waals surface area contributed by atoms with E-state index in [9.17, 15) is 9.59 Å². The molecule has 3 N–H and O–H groups in total. The first kappa shape index (κ1) is 16.0. The van der Waals surface area contributed by atoms with Crippen LogP contribution in [0.3, 0.4) is 0 Å². The topological polar surface area (TPSA) is 73.5 Å². The van der Waals surface area contributed by atoms with Crippen LogP contribution in [0.4, 0.5) is 5.69 Å². The van der Waals surface area contributed by atoms with E-state index in [0.29, 0.717) is 6.54 Å². The number of amides is 2. The molecule has 1 unspecified atom stereocenters. The second-order valence-corrected chi connectivity index (χ2v) is 6.13.